The molecule has 0 saturated carbocycles. The van der Waals surface area contributed by atoms with E-state index in [9.17, 15) is 24.3 Å². The maximum atomic E-state index is 13.6. The van der Waals surface area contributed by atoms with Crippen LogP contribution in [-0.2, 0) is 33.6 Å². The fraction of sp³-hybridized carbons (Fsp3) is 0.250. The highest BCUT2D eigenvalue weighted by Gasteiger charge is 2.28. The number of para-hydroxylation sites is 1. The Kier molecular flexibility index (Phi) is 11.5. The molecule has 0 fully saturated rings. The molecule has 5 aromatic rings. The van der Waals surface area contributed by atoms with Gasteiger partial charge in [-0.15, -0.1) is 0 Å². The van der Waals surface area contributed by atoms with Gasteiger partial charge in [-0.25, -0.2) is 0 Å². The van der Waals surface area contributed by atoms with Crippen molar-refractivity contribution in [3.05, 3.63) is 132 Å². The van der Waals surface area contributed by atoms with Crippen molar-refractivity contribution in [2.24, 2.45) is 5.92 Å². The molecule has 0 unspecified atom stereocenters. The lowest BCUT2D eigenvalue weighted by molar-refractivity contribution is -0.141. The largest absolute Gasteiger partial charge is 0.481 e. The third-order valence-electron chi connectivity index (χ3n) is 8.68. The molecule has 0 aliphatic carbocycles. The first-order valence-corrected chi connectivity index (χ1v) is 16.4. The van der Waals surface area contributed by atoms with Crippen LogP contribution >= 0.6 is 0 Å². The number of carboxylic acids is 1. The summed E-state index contributed by atoms with van der Waals surface area (Å²) in [6.45, 7) is 1.95. The number of Topliss-reactive ketones (excluding diaryl/α,β-unsaturated/α-hetero) is 1. The van der Waals surface area contributed by atoms with Crippen LogP contribution in [0.4, 0.5) is 0 Å². The number of carbonyl (C=O) groups is 4. The monoisotopic (exact) mass is 643 g/mol. The van der Waals surface area contributed by atoms with Crippen LogP contribution in [0.25, 0.3) is 22.0 Å². The van der Waals surface area contributed by atoms with Crippen LogP contribution in [0.2, 0.25) is 0 Å². The number of aromatic amines is 1. The Hall–Kier alpha value is -5.50. The van der Waals surface area contributed by atoms with Gasteiger partial charge in [-0.05, 0) is 66.5 Å². The number of hydrogen-bond donors (Lipinski definition) is 4. The highest BCUT2D eigenvalue weighted by molar-refractivity contribution is 5.94. The zero-order valence-corrected chi connectivity index (χ0v) is 27.1. The van der Waals surface area contributed by atoms with Crippen molar-refractivity contribution in [3.8, 4) is 11.1 Å². The van der Waals surface area contributed by atoms with Crippen molar-refractivity contribution in [3.63, 3.8) is 0 Å². The number of aliphatic carboxylic acids is 1. The van der Waals surface area contributed by atoms with Crippen molar-refractivity contribution in [1.82, 2.24) is 15.6 Å². The van der Waals surface area contributed by atoms with Gasteiger partial charge in [0.15, 0.2) is 5.78 Å². The first-order chi connectivity index (χ1) is 23.3. The minimum absolute atomic E-state index is 0.0266. The number of amides is 2. The molecule has 0 spiro atoms. The number of aryl methyl sites for hydroxylation is 1. The molecule has 0 radical (unpaired) electrons. The number of carbonyl (C=O) groups excluding carboxylic acids is 3. The third kappa shape index (κ3) is 9.28. The summed E-state index contributed by atoms with van der Waals surface area (Å²) in [5.74, 6) is -2.57. The van der Waals surface area contributed by atoms with E-state index in [2.05, 4.69) is 15.6 Å². The Morgan fingerprint density at radius 1 is 0.750 bits per heavy atom. The van der Waals surface area contributed by atoms with Gasteiger partial charge in [0.1, 0.15) is 6.04 Å². The number of carboxylic acid groups (broad SMARTS) is 1. The first-order valence-electron chi connectivity index (χ1n) is 16.4. The molecule has 0 saturated heterocycles. The van der Waals surface area contributed by atoms with Crippen molar-refractivity contribution in [2.45, 2.75) is 51.5 Å². The van der Waals surface area contributed by atoms with Crippen LogP contribution < -0.4 is 10.6 Å². The lowest BCUT2D eigenvalue weighted by Crippen LogP contribution is -2.50. The van der Waals surface area contributed by atoms with Gasteiger partial charge in [-0.3, -0.25) is 19.2 Å². The minimum atomic E-state index is -1.06. The summed E-state index contributed by atoms with van der Waals surface area (Å²) >= 11 is 0. The summed E-state index contributed by atoms with van der Waals surface area (Å²) in [7, 11) is 0. The lowest BCUT2D eigenvalue weighted by atomic mass is 9.94. The average Bonchev–Trinajstić information content (AvgIpc) is 3.50. The Morgan fingerprint density at radius 3 is 2.08 bits per heavy atom. The molecule has 1 aromatic heterocycles. The van der Waals surface area contributed by atoms with Gasteiger partial charge in [0.2, 0.25) is 11.8 Å². The topological polar surface area (TPSA) is 128 Å². The van der Waals surface area contributed by atoms with Crippen LogP contribution in [-0.4, -0.2) is 46.2 Å². The van der Waals surface area contributed by atoms with Gasteiger partial charge in [-0.2, -0.15) is 0 Å². The SMILES string of the molecule is CC(=O)c1ccc(-c2ccc(CCC[C@H](CC(=O)O)C(=O)N[C@@H](Cc3c[nH]c4ccccc34)C(=O)NCCc3ccccc3)cc2)cc1. The third-order valence-corrected chi connectivity index (χ3v) is 8.68. The molecule has 8 nitrogen and oxygen atoms in total. The van der Waals surface area contributed by atoms with Gasteiger partial charge in [-0.1, -0.05) is 97.1 Å². The Labute approximate surface area is 280 Å². The van der Waals surface area contributed by atoms with Crippen molar-refractivity contribution in [2.75, 3.05) is 6.54 Å². The van der Waals surface area contributed by atoms with Gasteiger partial charge < -0.3 is 20.7 Å². The van der Waals surface area contributed by atoms with Crippen molar-refractivity contribution in [1.29, 1.82) is 0 Å². The number of nitrogens with one attached hydrogen (secondary N) is 3. The van der Waals surface area contributed by atoms with Crippen LogP contribution in [0.3, 0.4) is 0 Å². The van der Waals surface area contributed by atoms with E-state index in [1.54, 1.807) is 6.92 Å². The summed E-state index contributed by atoms with van der Waals surface area (Å²) in [5, 5.41) is 16.5. The molecule has 1 heterocycles. The number of aromatic nitrogens is 1. The average molecular weight is 644 g/mol. The number of H-pyrrole nitrogens is 1. The van der Waals surface area contributed by atoms with Gasteiger partial charge in [0.25, 0.3) is 0 Å². The van der Waals surface area contributed by atoms with Crippen molar-refractivity contribution >= 4 is 34.5 Å². The van der Waals surface area contributed by atoms with E-state index < -0.39 is 23.8 Å². The number of ketones is 1. The molecular formula is C40H41N3O5. The second-order valence-corrected chi connectivity index (χ2v) is 12.2. The molecule has 4 aromatic carbocycles. The maximum Gasteiger partial charge on any atom is 0.304 e. The van der Waals surface area contributed by atoms with E-state index in [-0.39, 0.29) is 24.5 Å². The van der Waals surface area contributed by atoms with E-state index >= 15 is 0 Å². The number of rotatable bonds is 16. The molecule has 2 amide bonds. The quantitative estimate of drug-likeness (QED) is 0.0909. The fourth-order valence-corrected chi connectivity index (χ4v) is 5.97. The molecular weight excluding hydrogens is 602 g/mol. The Balaban J connectivity index is 1.22. The molecule has 48 heavy (non-hydrogen) atoms. The molecule has 0 bridgehead atoms. The zero-order chi connectivity index (χ0) is 33.9. The van der Waals surface area contributed by atoms with Crippen molar-refractivity contribution < 1.29 is 24.3 Å². The smallest absolute Gasteiger partial charge is 0.304 e. The predicted octanol–water partition coefficient (Wildman–Crippen LogP) is 6.54. The summed E-state index contributed by atoms with van der Waals surface area (Å²) in [4.78, 5) is 53.7. The number of benzene rings is 4. The summed E-state index contributed by atoms with van der Waals surface area (Å²) in [6, 6.07) is 32.3. The van der Waals surface area contributed by atoms with Gasteiger partial charge in [0, 0.05) is 41.5 Å². The fourth-order valence-electron chi connectivity index (χ4n) is 5.97. The maximum absolute atomic E-state index is 13.6. The molecule has 246 valence electrons. The highest BCUT2D eigenvalue weighted by Crippen LogP contribution is 2.23. The van der Waals surface area contributed by atoms with E-state index in [4.69, 9.17) is 0 Å². The Morgan fingerprint density at radius 2 is 1.40 bits per heavy atom. The standard InChI is InChI=1S/C40H41N3O5/c1-27(44)30-18-20-32(21-19-30)31-16-14-29(15-17-31)10-7-11-33(25-38(45)46)39(47)43-37(24-34-26-42-36-13-6-5-12-35(34)36)40(48)41-23-22-28-8-3-2-4-9-28/h2-6,8-9,12-21,26,33,37,42H,7,10-11,22-25H2,1H3,(H,41,48)(H,43,47)(H,45,46)/t33-,37+/m1/s1. The molecule has 0 aliphatic rings. The minimum Gasteiger partial charge on any atom is -0.481 e. The van der Waals surface area contributed by atoms with E-state index in [0.29, 0.717) is 37.8 Å². The van der Waals surface area contributed by atoms with Crippen LogP contribution in [0.5, 0.6) is 0 Å². The van der Waals surface area contributed by atoms with E-state index in [0.717, 1.165) is 38.7 Å². The Bertz CT molecular complexity index is 1850. The van der Waals surface area contributed by atoms with Gasteiger partial charge >= 0.3 is 5.97 Å². The zero-order valence-electron chi connectivity index (χ0n) is 27.1. The second kappa shape index (κ2) is 16.4. The first kappa shape index (κ1) is 33.9. The van der Waals surface area contributed by atoms with Crippen LogP contribution in [0, 0.1) is 5.92 Å². The highest BCUT2D eigenvalue weighted by atomic mass is 16.4. The summed E-state index contributed by atoms with van der Waals surface area (Å²) < 4.78 is 0. The molecule has 5 rings (SSSR count). The molecule has 4 N–H and O–H groups in total. The lowest BCUT2D eigenvalue weighted by Gasteiger charge is -2.22. The summed E-state index contributed by atoms with van der Waals surface area (Å²) in [6.07, 6.45) is 4.08. The number of fused-ring (bicyclic) bond motifs is 1. The normalized spacial score (nSPS) is 12.3. The molecule has 8 heteroatoms. The van der Waals surface area contributed by atoms with E-state index in [1.807, 2.05) is 109 Å². The predicted molar refractivity (Wildman–Crippen MR) is 188 cm³/mol. The summed E-state index contributed by atoms with van der Waals surface area (Å²) in [5.41, 5.74) is 6.70. The second-order valence-electron chi connectivity index (χ2n) is 12.2. The molecule has 0 aliphatic heterocycles. The van der Waals surface area contributed by atoms with E-state index in [1.165, 1.54) is 0 Å². The van der Waals surface area contributed by atoms with Crippen LogP contribution in [0.15, 0.2) is 109 Å². The number of hydrogen-bond acceptors (Lipinski definition) is 4. The van der Waals surface area contributed by atoms with Crippen LogP contribution in [0.1, 0.15) is 53.2 Å². The van der Waals surface area contributed by atoms with Gasteiger partial charge in [0.05, 0.1) is 6.42 Å². The molecule has 2 atom stereocenters.